The van der Waals surface area contributed by atoms with Crippen LogP contribution < -0.4 is 27.8 Å². The molecule has 4 unspecified atom stereocenters. The van der Waals surface area contributed by atoms with Gasteiger partial charge in [0.1, 0.15) is 5.54 Å². The second kappa shape index (κ2) is 6.04. The lowest BCUT2D eigenvalue weighted by molar-refractivity contribution is -0.133. The molecule has 4 atom stereocenters. The topological polar surface area (TPSA) is 166 Å². The third-order valence-corrected chi connectivity index (χ3v) is 4.89. The third kappa shape index (κ3) is 2.95. The fourth-order valence-corrected chi connectivity index (χ4v) is 3.82. The summed E-state index contributed by atoms with van der Waals surface area (Å²) in [5, 5.41) is 5.57. The normalized spacial score (nSPS) is 32.4. The van der Waals surface area contributed by atoms with Gasteiger partial charge in [0.15, 0.2) is 5.96 Å². The largest absolute Gasteiger partial charge is 0.370 e. The van der Waals surface area contributed by atoms with E-state index in [1.807, 2.05) is 20.8 Å². The molecule has 0 aliphatic carbocycles. The van der Waals surface area contributed by atoms with Gasteiger partial charge in [0, 0.05) is 12.6 Å². The van der Waals surface area contributed by atoms with Crippen LogP contribution >= 0.6 is 0 Å². The summed E-state index contributed by atoms with van der Waals surface area (Å²) < 4.78 is 0. The van der Waals surface area contributed by atoms with Gasteiger partial charge in [0.2, 0.25) is 17.7 Å². The Hall–Kier alpha value is -2.16. The van der Waals surface area contributed by atoms with Gasteiger partial charge in [-0.1, -0.05) is 20.8 Å². The highest BCUT2D eigenvalue weighted by Crippen LogP contribution is 2.46. The molecule has 0 aromatic heterocycles. The van der Waals surface area contributed by atoms with Crippen LogP contribution in [0.5, 0.6) is 0 Å². The van der Waals surface area contributed by atoms with Gasteiger partial charge in [0.05, 0.1) is 11.8 Å². The van der Waals surface area contributed by atoms with Crippen LogP contribution in [0.1, 0.15) is 33.6 Å². The molecule has 2 heterocycles. The van der Waals surface area contributed by atoms with Crippen molar-refractivity contribution in [3.8, 4) is 0 Å². The number of aliphatic imine (C=N–C) groups is 1. The number of imide groups is 1. The standard InChI is InChI=1S/C15H26N6O3/c1-14(2,3)9-7-8(11(23)20-10(7)22)15(21-9,12(16)24)5-4-6-19-13(17)18/h7-9,21H,4-6H2,1-3H3,(H2,16,24)(H4,17,18,19)(H,20,22,23). The zero-order valence-electron chi connectivity index (χ0n) is 14.3. The summed E-state index contributed by atoms with van der Waals surface area (Å²) in [5.41, 5.74) is 14.6. The average Bonchev–Trinajstić information content (AvgIpc) is 2.93. The van der Waals surface area contributed by atoms with Crippen LogP contribution in [0.25, 0.3) is 0 Å². The number of fused-ring (bicyclic) bond motifs is 1. The maximum Gasteiger partial charge on any atom is 0.238 e. The maximum atomic E-state index is 12.4. The van der Waals surface area contributed by atoms with Gasteiger partial charge in [-0.3, -0.25) is 30.0 Å². The number of hydrogen-bond donors (Lipinski definition) is 5. The number of primary amides is 1. The molecule has 9 nitrogen and oxygen atoms in total. The molecular formula is C15H26N6O3. The number of hydrogen-bond acceptors (Lipinski definition) is 5. The Morgan fingerprint density at radius 3 is 2.33 bits per heavy atom. The number of carbonyl (C=O) groups is 3. The van der Waals surface area contributed by atoms with E-state index in [0.29, 0.717) is 13.0 Å². The third-order valence-electron chi connectivity index (χ3n) is 4.89. The molecule has 0 aromatic carbocycles. The van der Waals surface area contributed by atoms with Crippen LogP contribution in [-0.2, 0) is 14.4 Å². The second-order valence-electron chi connectivity index (χ2n) is 7.59. The highest BCUT2D eigenvalue weighted by Gasteiger charge is 2.66. The molecule has 134 valence electrons. The van der Waals surface area contributed by atoms with Gasteiger partial charge in [-0.25, -0.2) is 0 Å². The van der Waals surface area contributed by atoms with E-state index in [1.165, 1.54) is 0 Å². The summed E-state index contributed by atoms with van der Waals surface area (Å²) in [4.78, 5) is 40.8. The predicted molar refractivity (Wildman–Crippen MR) is 88.3 cm³/mol. The van der Waals surface area contributed by atoms with Crippen molar-refractivity contribution in [3.05, 3.63) is 0 Å². The number of amides is 3. The van der Waals surface area contributed by atoms with Crippen LogP contribution in [0.4, 0.5) is 0 Å². The molecule has 2 rings (SSSR count). The van der Waals surface area contributed by atoms with Crippen LogP contribution in [0.3, 0.4) is 0 Å². The number of carbonyl (C=O) groups excluding carboxylic acids is 3. The van der Waals surface area contributed by atoms with Crippen molar-refractivity contribution in [2.24, 2.45) is 39.4 Å². The summed E-state index contributed by atoms with van der Waals surface area (Å²) >= 11 is 0. The Kier molecular flexibility index (Phi) is 4.58. The summed E-state index contributed by atoms with van der Waals surface area (Å²) in [6.45, 7) is 6.17. The SMILES string of the molecule is CC(C)(C)C1NC(CCCN=C(N)N)(C(N)=O)C2C(=O)NC(=O)C12. The average molecular weight is 338 g/mol. The Bertz CT molecular complexity index is 593. The number of guanidine groups is 1. The molecule has 0 saturated carbocycles. The quantitative estimate of drug-likeness (QED) is 0.171. The van der Waals surface area contributed by atoms with Gasteiger partial charge in [0.25, 0.3) is 0 Å². The first kappa shape index (κ1) is 18.2. The van der Waals surface area contributed by atoms with E-state index in [2.05, 4.69) is 15.6 Å². The maximum absolute atomic E-state index is 12.4. The Morgan fingerprint density at radius 2 is 1.83 bits per heavy atom. The smallest absolute Gasteiger partial charge is 0.238 e. The van der Waals surface area contributed by atoms with Crippen LogP contribution in [0.2, 0.25) is 0 Å². The van der Waals surface area contributed by atoms with Crippen molar-refractivity contribution in [1.82, 2.24) is 10.6 Å². The first-order chi connectivity index (χ1) is 11.0. The molecule has 9 heteroatoms. The molecule has 0 aromatic rings. The van der Waals surface area contributed by atoms with Crippen molar-refractivity contribution in [2.45, 2.75) is 45.2 Å². The second-order valence-corrected chi connectivity index (χ2v) is 7.59. The van der Waals surface area contributed by atoms with E-state index in [0.717, 1.165) is 0 Å². The van der Waals surface area contributed by atoms with E-state index in [1.54, 1.807) is 0 Å². The Labute approximate surface area is 140 Å². The molecule has 2 aliphatic rings. The first-order valence-electron chi connectivity index (χ1n) is 7.98. The van der Waals surface area contributed by atoms with Gasteiger partial charge in [-0.2, -0.15) is 0 Å². The molecule has 8 N–H and O–H groups in total. The van der Waals surface area contributed by atoms with E-state index < -0.39 is 29.2 Å². The molecule has 0 bridgehead atoms. The number of nitrogens with zero attached hydrogens (tertiary/aromatic N) is 1. The summed E-state index contributed by atoms with van der Waals surface area (Å²) in [6, 6.07) is -0.343. The van der Waals surface area contributed by atoms with E-state index in [9.17, 15) is 14.4 Å². The molecule has 24 heavy (non-hydrogen) atoms. The van der Waals surface area contributed by atoms with Gasteiger partial charge < -0.3 is 17.2 Å². The minimum Gasteiger partial charge on any atom is -0.370 e. The lowest BCUT2D eigenvalue weighted by Gasteiger charge is -2.34. The zero-order valence-corrected chi connectivity index (χ0v) is 14.3. The molecule has 2 fully saturated rings. The van der Waals surface area contributed by atoms with E-state index in [4.69, 9.17) is 17.2 Å². The van der Waals surface area contributed by atoms with Crippen molar-refractivity contribution >= 4 is 23.7 Å². The van der Waals surface area contributed by atoms with E-state index >= 15 is 0 Å². The van der Waals surface area contributed by atoms with Gasteiger partial charge in [-0.05, 0) is 18.3 Å². The van der Waals surface area contributed by atoms with Crippen LogP contribution in [-0.4, -0.2) is 41.8 Å². The molecule has 0 spiro atoms. The monoisotopic (exact) mass is 338 g/mol. The van der Waals surface area contributed by atoms with E-state index in [-0.39, 0.29) is 29.7 Å². The molecule has 2 saturated heterocycles. The zero-order chi connectivity index (χ0) is 18.3. The number of nitrogens with two attached hydrogens (primary N) is 3. The number of rotatable bonds is 5. The van der Waals surface area contributed by atoms with Crippen molar-refractivity contribution in [2.75, 3.05) is 6.54 Å². The minimum atomic E-state index is -1.28. The van der Waals surface area contributed by atoms with Crippen molar-refractivity contribution < 1.29 is 14.4 Å². The summed E-state index contributed by atoms with van der Waals surface area (Å²) in [5.74, 6) is -2.92. The fourth-order valence-electron chi connectivity index (χ4n) is 3.82. The van der Waals surface area contributed by atoms with Gasteiger partial charge >= 0.3 is 0 Å². The lowest BCUT2D eigenvalue weighted by Crippen LogP contribution is -2.60. The first-order valence-corrected chi connectivity index (χ1v) is 7.98. The fraction of sp³-hybridized carbons (Fsp3) is 0.733. The Balaban J connectivity index is 2.36. The van der Waals surface area contributed by atoms with Gasteiger partial charge in [-0.15, -0.1) is 0 Å². The molecule has 0 radical (unpaired) electrons. The predicted octanol–water partition coefficient (Wildman–Crippen LogP) is -1.83. The van der Waals surface area contributed by atoms with Crippen molar-refractivity contribution in [1.29, 1.82) is 0 Å². The van der Waals surface area contributed by atoms with Crippen LogP contribution in [0.15, 0.2) is 4.99 Å². The number of nitrogens with one attached hydrogen (secondary N) is 2. The van der Waals surface area contributed by atoms with Crippen LogP contribution in [0, 0.1) is 17.3 Å². The lowest BCUT2D eigenvalue weighted by atomic mass is 9.73. The summed E-state index contributed by atoms with van der Waals surface area (Å²) in [7, 11) is 0. The Morgan fingerprint density at radius 1 is 1.21 bits per heavy atom. The minimum absolute atomic E-state index is 0.0401. The molecule has 2 aliphatic heterocycles. The summed E-state index contributed by atoms with van der Waals surface area (Å²) in [6.07, 6.45) is 0.725. The molecular weight excluding hydrogens is 312 g/mol. The highest BCUT2D eigenvalue weighted by atomic mass is 16.2. The highest BCUT2D eigenvalue weighted by molar-refractivity contribution is 6.10. The van der Waals surface area contributed by atoms with Crippen molar-refractivity contribution in [3.63, 3.8) is 0 Å². The molecule has 3 amide bonds.